The number of carbonyl (C=O) groups is 1. The van der Waals surface area contributed by atoms with E-state index < -0.39 is 0 Å². The minimum atomic E-state index is 0. The lowest BCUT2D eigenvalue weighted by atomic mass is 10.0. The van der Waals surface area contributed by atoms with Gasteiger partial charge in [-0.15, -0.1) is 12.4 Å². The number of rotatable bonds is 6. The van der Waals surface area contributed by atoms with Gasteiger partial charge < -0.3 is 15.0 Å². The van der Waals surface area contributed by atoms with Crippen LogP contribution in [0.2, 0.25) is 5.02 Å². The van der Waals surface area contributed by atoms with Crippen molar-refractivity contribution in [2.24, 2.45) is 0 Å². The van der Waals surface area contributed by atoms with Gasteiger partial charge in [0.05, 0.1) is 13.7 Å². The molecule has 1 unspecified atom stereocenters. The zero-order valence-corrected chi connectivity index (χ0v) is 17.8. The first-order chi connectivity index (χ1) is 13.1. The van der Waals surface area contributed by atoms with E-state index in [4.69, 9.17) is 16.3 Å². The van der Waals surface area contributed by atoms with E-state index in [9.17, 15) is 4.79 Å². The lowest BCUT2D eigenvalue weighted by molar-refractivity contribution is -0.132. The quantitative estimate of drug-likeness (QED) is 0.773. The molecular formula is C21H27Cl2N3O2. The molecule has 1 aliphatic heterocycles. The summed E-state index contributed by atoms with van der Waals surface area (Å²) in [6.45, 7) is 3.43. The van der Waals surface area contributed by atoms with Crippen molar-refractivity contribution in [3.05, 3.63) is 64.7 Å². The fourth-order valence-electron chi connectivity index (χ4n) is 3.38. The summed E-state index contributed by atoms with van der Waals surface area (Å²) in [7, 11) is 3.49. The van der Waals surface area contributed by atoms with E-state index in [1.165, 1.54) is 0 Å². The normalized spacial score (nSPS) is 16.9. The topological polar surface area (TPSA) is 44.8 Å². The second kappa shape index (κ2) is 10.7. The highest BCUT2D eigenvalue weighted by Crippen LogP contribution is 2.28. The number of ether oxygens (including phenoxy) is 1. The number of likely N-dealkylation sites (N-methyl/N-ethyl adjacent to an activating group) is 1. The number of nitrogens with one attached hydrogen (secondary N) is 1. The van der Waals surface area contributed by atoms with Gasteiger partial charge in [0.2, 0.25) is 5.91 Å². The minimum Gasteiger partial charge on any atom is -0.497 e. The van der Waals surface area contributed by atoms with E-state index in [0.717, 1.165) is 41.5 Å². The first-order valence-electron chi connectivity index (χ1n) is 9.14. The van der Waals surface area contributed by atoms with Crippen molar-refractivity contribution in [3.63, 3.8) is 0 Å². The highest BCUT2D eigenvalue weighted by molar-refractivity contribution is 6.31. The molecule has 28 heavy (non-hydrogen) atoms. The Morgan fingerprint density at radius 3 is 2.64 bits per heavy atom. The van der Waals surface area contributed by atoms with Gasteiger partial charge in [0.15, 0.2) is 0 Å². The van der Waals surface area contributed by atoms with Crippen LogP contribution in [0.5, 0.6) is 5.75 Å². The molecule has 0 bridgehead atoms. The number of hydrogen-bond donors (Lipinski definition) is 1. The van der Waals surface area contributed by atoms with Crippen molar-refractivity contribution >= 4 is 29.9 Å². The molecule has 0 radical (unpaired) electrons. The molecule has 7 heteroatoms. The van der Waals surface area contributed by atoms with Gasteiger partial charge in [0.25, 0.3) is 0 Å². The Morgan fingerprint density at radius 1 is 1.25 bits per heavy atom. The van der Waals surface area contributed by atoms with Crippen molar-refractivity contribution in [2.45, 2.75) is 12.6 Å². The number of nitrogens with zero attached hydrogens (tertiary/aromatic N) is 2. The lowest BCUT2D eigenvalue weighted by Gasteiger charge is -2.37. The summed E-state index contributed by atoms with van der Waals surface area (Å²) in [5.41, 5.74) is 2.14. The Balaban J connectivity index is 0.00000280. The van der Waals surface area contributed by atoms with Gasteiger partial charge in [0, 0.05) is 44.3 Å². The standard InChI is InChI=1S/C21H26ClN3O2.ClH/c1-24(14-16-7-9-17(27-2)10-8-16)21(26)15-25-12-11-23-13-20(25)18-5-3-4-6-19(18)22;/h3-10,20,23H,11-15H2,1-2H3;1H. The third-order valence-electron chi connectivity index (χ3n) is 4.96. The molecule has 1 N–H and O–H groups in total. The van der Waals surface area contributed by atoms with E-state index >= 15 is 0 Å². The maximum absolute atomic E-state index is 12.8. The molecule has 1 atom stereocenters. The van der Waals surface area contributed by atoms with E-state index in [1.807, 2.05) is 55.6 Å². The van der Waals surface area contributed by atoms with Gasteiger partial charge in [-0.1, -0.05) is 41.9 Å². The van der Waals surface area contributed by atoms with Gasteiger partial charge in [-0.25, -0.2) is 0 Å². The fraction of sp³-hybridized carbons (Fsp3) is 0.381. The Kier molecular flexibility index (Phi) is 8.58. The summed E-state index contributed by atoms with van der Waals surface area (Å²) in [5, 5.41) is 4.15. The summed E-state index contributed by atoms with van der Waals surface area (Å²) in [6.07, 6.45) is 0. The average molecular weight is 424 g/mol. The number of piperazine rings is 1. The van der Waals surface area contributed by atoms with Crippen LogP contribution < -0.4 is 10.1 Å². The summed E-state index contributed by atoms with van der Waals surface area (Å²) in [5.74, 6) is 0.917. The Bertz CT molecular complexity index is 771. The molecule has 0 saturated carbocycles. The van der Waals surface area contributed by atoms with E-state index in [0.29, 0.717) is 13.1 Å². The summed E-state index contributed by atoms with van der Waals surface area (Å²) >= 11 is 6.39. The van der Waals surface area contributed by atoms with Crippen LogP contribution in [0.3, 0.4) is 0 Å². The Labute approximate surface area is 178 Å². The molecule has 0 aromatic heterocycles. The maximum atomic E-state index is 12.8. The number of halogens is 2. The third-order valence-corrected chi connectivity index (χ3v) is 5.31. The molecule has 2 aromatic rings. The zero-order valence-electron chi connectivity index (χ0n) is 16.2. The highest BCUT2D eigenvalue weighted by Gasteiger charge is 2.27. The van der Waals surface area contributed by atoms with Gasteiger partial charge in [0.1, 0.15) is 5.75 Å². The highest BCUT2D eigenvalue weighted by atomic mass is 35.5. The van der Waals surface area contributed by atoms with Crippen LogP contribution in [0.15, 0.2) is 48.5 Å². The van der Waals surface area contributed by atoms with Crippen LogP contribution in [0, 0.1) is 0 Å². The van der Waals surface area contributed by atoms with Crippen molar-refractivity contribution in [3.8, 4) is 5.75 Å². The largest absolute Gasteiger partial charge is 0.497 e. The second-order valence-corrected chi connectivity index (χ2v) is 7.22. The SMILES string of the molecule is COc1ccc(CN(C)C(=O)CN2CCNCC2c2ccccc2Cl)cc1.Cl. The van der Waals surface area contributed by atoms with Crippen LogP contribution in [0.4, 0.5) is 0 Å². The molecule has 5 nitrogen and oxygen atoms in total. The summed E-state index contributed by atoms with van der Waals surface area (Å²) in [4.78, 5) is 16.8. The van der Waals surface area contributed by atoms with Crippen LogP contribution in [-0.4, -0.2) is 56.0 Å². The van der Waals surface area contributed by atoms with Gasteiger partial charge in [-0.2, -0.15) is 0 Å². The van der Waals surface area contributed by atoms with Gasteiger partial charge in [-0.05, 0) is 29.3 Å². The van der Waals surface area contributed by atoms with Gasteiger partial charge in [-0.3, -0.25) is 9.69 Å². The van der Waals surface area contributed by atoms with E-state index in [-0.39, 0.29) is 24.4 Å². The number of benzene rings is 2. The average Bonchev–Trinajstić information content (AvgIpc) is 2.69. The molecule has 0 spiro atoms. The molecule has 2 aromatic carbocycles. The molecule has 3 rings (SSSR count). The first kappa shape index (κ1) is 22.5. The van der Waals surface area contributed by atoms with Crippen LogP contribution in [-0.2, 0) is 11.3 Å². The van der Waals surface area contributed by atoms with Crippen LogP contribution >= 0.6 is 24.0 Å². The zero-order chi connectivity index (χ0) is 19.2. The Hall–Kier alpha value is -1.79. The summed E-state index contributed by atoms with van der Waals surface area (Å²) < 4.78 is 5.18. The Morgan fingerprint density at radius 2 is 1.96 bits per heavy atom. The molecule has 1 aliphatic rings. The molecule has 0 aliphatic carbocycles. The van der Waals surface area contributed by atoms with E-state index in [1.54, 1.807) is 12.0 Å². The van der Waals surface area contributed by atoms with E-state index in [2.05, 4.69) is 10.2 Å². The molecule has 1 heterocycles. The number of methoxy groups -OCH3 is 1. The predicted octanol–water partition coefficient (Wildman–Crippen LogP) is 3.38. The fourth-order valence-corrected chi connectivity index (χ4v) is 3.64. The van der Waals surface area contributed by atoms with Crippen molar-refractivity contribution in [2.75, 3.05) is 40.3 Å². The first-order valence-corrected chi connectivity index (χ1v) is 9.52. The van der Waals surface area contributed by atoms with Crippen LogP contribution in [0.25, 0.3) is 0 Å². The minimum absolute atomic E-state index is 0. The summed E-state index contributed by atoms with van der Waals surface area (Å²) in [6, 6.07) is 15.8. The van der Waals surface area contributed by atoms with Crippen molar-refractivity contribution in [1.29, 1.82) is 0 Å². The van der Waals surface area contributed by atoms with Crippen LogP contribution in [0.1, 0.15) is 17.2 Å². The van der Waals surface area contributed by atoms with Crippen molar-refractivity contribution in [1.82, 2.24) is 15.1 Å². The molecule has 1 fully saturated rings. The molecule has 1 amide bonds. The molecule has 152 valence electrons. The second-order valence-electron chi connectivity index (χ2n) is 6.81. The predicted molar refractivity (Wildman–Crippen MR) is 115 cm³/mol. The number of amides is 1. The maximum Gasteiger partial charge on any atom is 0.236 e. The third kappa shape index (κ3) is 5.61. The smallest absolute Gasteiger partial charge is 0.236 e. The molecule has 1 saturated heterocycles. The molecular weight excluding hydrogens is 397 g/mol. The number of carbonyl (C=O) groups excluding carboxylic acids is 1. The monoisotopic (exact) mass is 423 g/mol. The van der Waals surface area contributed by atoms with Crippen molar-refractivity contribution < 1.29 is 9.53 Å². The number of hydrogen-bond acceptors (Lipinski definition) is 4. The lowest BCUT2D eigenvalue weighted by Crippen LogP contribution is -2.49. The van der Waals surface area contributed by atoms with Gasteiger partial charge >= 0.3 is 0 Å².